The first-order chi connectivity index (χ1) is 13.3. The Labute approximate surface area is 162 Å². The summed E-state index contributed by atoms with van der Waals surface area (Å²) in [5.74, 6) is 0. The van der Waals surface area contributed by atoms with Crippen molar-refractivity contribution in [3.63, 3.8) is 0 Å². The third kappa shape index (κ3) is 3.77. The zero-order valence-corrected chi connectivity index (χ0v) is 17.0. The van der Waals surface area contributed by atoms with Gasteiger partial charge in [0.25, 0.3) is 0 Å². The third-order valence-corrected chi connectivity index (χ3v) is 6.60. The minimum absolute atomic E-state index is 0.743. The molecule has 0 N–H and O–H groups in total. The maximum Gasteiger partial charge on any atom is 0.424 e. The van der Waals surface area contributed by atoms with E-state index in [-0.39, 0.29) is 0 Å². The van der Waals surface area contributed by atoms with E-state index in [4.69, 9.17) is 8.85 Å². The maximum atomic E-state index is 6.15. The Morgan fingerprint density at radius 3 is 1.81 bits per heavy atom. The highest BCUT2D eigenvalue weighted by atomic mass is 28.3. The largest absolute Gasteiger partial charge is 0.424 e. The van der Waals surface area contributed by atoms with E-state index in [1.807, 2.05) is 0 Å². The summed E-state index contributed by atoms with van der Waals surface area (Å²) in [5.41, 5.74) is 0. The smallest absolute Gasteiger partial charge is 0.390 e. The van der Waals surface area contributed by atoms with E-state index in [1.54, 1.807) is 0 Å². The molecule has 4 aromatic carbocycles. The molecular formula is C24H25O2Si. The van der Waals surface area contributed by atoms with E-state index < -0.39 is 9.28 Å². The molecular weight excluding hydrogens is 348 g/mol. The predicted molar refractivity (Wildman–Crippen MR) is 117 cm³/mol. The Balaban J connectivity index is 1.87. The van der Waals surface area contributed by atoms with Gasteiger partial charge in [-0.15, -0.1) is 0 Å². The van der Waals surface area contributed by atoms with E-state index in [0.29, 0.717) is 0 Å². The fourth-order valence-corrected chi connectivity index (χ4v) is 5.33. The first kappa shape index (κ1) is 18.2. The SMILES string of the molecule is CCCO[Si](OCCC)c1cccc2cc3cc4ccccc4cc3cc12. The number of hydrogen-bond acceptors (Lipinski definition) is 2. The number of benzene rings is 4. The van der Waals surface area contributed by atoms with Gasteiger partial charge >= 0.3 is 9.28 Å². The van der Waals surface area contributed by atoms with Crippen molar-refractivity contribution in [3.8, 4) is 0 Å². The van der Waals surface area contributed by atoms with Gasteiger partial charge in [-0.1, -0.05) is 56.3 Å². The molecule has 0 bridgehead atoms. The minimum atomic E-state index is -1.48. The molecule has 0 saturated carbocycles. The van der Waals surface area contributed by atoms with Crippen LogP contribution in [0.1, 0.15) is 26.7 Å². The highest BCUT2D eigenvalue weighted by Gasteiger charge is 2.21. The van der Waals surface area contributed by atoms with Gasteiger partial charge in [0.15, 0.2) is 0 Å². The Kier molecular flexibility index (Phi) is 5.53. The molecule has 0 aliphatic heterocycles. The second-order valence-electron chi connectivity index (χ2n) is 6.91. The van der Waals surface area contributed by atoms with Gasteiger partial charge in [0.2, 0.25) is 0 Å². The number of rotatable bonds is 7. The van der Waals surface area contributed by atoms with Gasteiger partial charge in [-0.05, 0) is 69.4 Å². The van der Waals surface area contributed by atoms with Crippen LogP contribution < -0.4 is 5.19 Å². The summed E-state index contributed by atoms with van der Waals surface area (Å²) in [6.45, 7) is 5.77. The van der Waals surface area contributed by atoms with Crippen LogP contribution in [0.5, 0.6) is 0 Å². The minimum Gasteiger partial charge on any atom is -0.390 e. The molecule has 0 fully saturated rings. The summed E-state index contributed by atoms with van der Waals surface area (Å²) in [6.07, 6.45) is 2.01. The van der Waals surface area contributed by atoms with Crippen molar-refractivity contribution in [2.45, 2.75) is 26.7 Å². The Hall–Kier alpha value is -2.20. The lowest BCUT2D eigenvalue weighted by atomic mass is 10.00. The molecule has 1 radical (unpaired) electrons. The highest BCUT2D eigenvalue weighted by Crippen LogP contribution is 2.27. The second-order valence-corrected chi connectivity index (χ2v) is 8.60. The fourth-order valence-electron chi connectivity index (χ4n) is 3.48. The van der Waals surface area contributed by atoms with Gasteiger partial charge in [-0.3, -0.25) is 0 Å². The second kappa shape index (κ2) is 8.22. The van der Waals surface area contributed by atoms with E-state index in [9.17, 15) is 0 Å². The lowest BCUT2D eigenvalue weighted by Crippen LogP contribution is -2.38. The van der Waals surface area contributed by atoms with Gasteiger partial charge in [0, 0.05) is 18.4 Å². The molecule has 0 aromatic heterocycles. The summed E-state index contributed by atoms with van der Waals surface area (Å²) in [6, 6.07) is 24.2. The molecule has 0 unspecified atom stereocenters. The molecule has 4 rings (SSSR count). The van der Waals surface area contributed by atoms with E-state index in [1.165, 1.54) is 37.5 Å². The van der Waals surface area contributed by atoms with Crippen LogP contribution in [0.25, 0.3) is 32.3 Å². The van der Waals surface area contributed by atoms with Crippen LogP contribution in [0, 0.1) is 0 Å². The van der Waals surface area contributed by atoms with Gasteiger partial charge < -0.3 is 8.85 Å². The molecule has 4 aromatic rings. The zero-order valence-electron chi connectivity index (χ0n) is 16.0. The summed E-state index contributed by atoms with van der Waals surface area (Å²) in [7, 11) is -1.48. The van der Waals surface area contributed by atoms with Crippen LogP contribution in [-0.2, 0) is 8.85 Å². The van der Waals surface area contributed by atoms with Crippen molar-refractivity contribution >= 4 is 46.8 Å². The molecule has 0 atom stereocenters. The Morgan fingerprint density at radius 1 is 0.630 bits per heavy atom. The van der Waals surface area contributed by atoms with Gasteiger partial charge in [-0.25, -0.2) is 0 Å². The molecule has 27 heavy (non-hydrogen) atoms. The summed E-state index contributed by atoms with van der Waals surface area (Å²) in [4.78, 5) is 0. The van der Waals surface area contributed by atoms with Crippen LogP contribution in [0.3, 0.4) is 0 Å². The van der Waals surface area contributed by atoms with Crippen LogP contribution in [0.2, 0.25) is 0 Å². The van der Waals surface area contributed by atoms with Crippen molar-refractivity contribution < 1.29 is 8.85 Å². The molecule has 2 nitrogen and oxygen atoms in total. The van der Waals surface area contributed by atoms with Crippen LogP contribution in [0.4, 0.5) is 0 Å². The fraction of sp³-hybridized carbons (Fsp3) is 0.250. The average Bonchev–Trinajstić information content (AvgIpc) is 2.70. The molecule has 0 heterocycles. The normalized spacial score (nSPS) is 11.8. The first-order valence-corrected chi connectivity index (χ1v) is 11.1. The standard InChI is InChI=1S/C24H25O2Si/c1-3-12-25-27(26-13-4-2)24-11-7-10-20-16-21-14-18-8-5-6-9-19(18)15-22(21)17-23(20)24/h5-11,14-17H,3-4,12-13H2,1-2H3. The van der Waals surface area contributed by atoms with Gasteiger partial charge in [0.1, 0.15) is 0 Å². The lowest BCUT2D eigenvalue weighted by Gasteiger charge is -2.17. The quantitative estimate of drug-likeness (QED) is 0.306. The van der Waals surface area contributed by atoms with E-state index in [0.717, 1.165) is 26.1 Å². The molecule has 0 aliphatic carbocycles. The zero-order chi connectivity index (χ0) is 18.6. The van der Waals surface area contributed by atoms with Crippen molar-refractivity contribution in [1.82, 2.24) is 0 Å². The predicted octanol–water partition coefficient (Wildman–Crippen LogP) is 5.69. The van der Waals surface area contributed by atoms with Gasteiger partial charge in [-0.2, -0.15) is 0 Å². The van der Waals surface area contributed by atoms with Crippen molar-refractivity contribution in [2.75, 3.05) is 13.2 Å². The van der Waals surface area contributed by atoms with Crippen LogP contribution >= 0.6 is 0 Å². The first-order valence-electron chi connectivity index (χ1n) is 9.78. The van der Waals surface area contributed by atoms with Gasteiger partial charge in [0.05, 0.1) is 0 Å². The summed E-state index contributed by atoms with van der Waals surface area (Å²) in [5, 5.41) is 8.81. The average molecular weight is 374 g/mol. The molecule has 0 amide bonds. The molecule has 0 saturated heterocycles. The maximum absolute atomic E-state index is 6.15. The highest BCUT2D eigenvalue weighted by molar-refractivity contribution is 6.64. The third-order valence-electron chi connectivity index (χ3n) is 4.80. The van der Waals surface area contributed by atoms with Crippen molar-refractivity contribution in [2.24, 2.45) is 0 Å². The van der Waals surface area contributed by atoms with E-state index in [2.05, 4.69) is 80.6 Å². The molecule has 3 heteroatoms. The molecule has 0 spiro atoms. The Bertz CT molecular complexity index is 1070. The topological polar surface area (TPSA) is 18.5 Å². The van der Waals surface area contributed by atoms with E-state index >= 15 is 0 Å². The monoisotopic (exact) mass is 373 g/mol. The number of hydrogen-bond donors (Lipinski definition) is 0. The lowest BCUT2D eigenvalue weighted by molar-refractivity contribution is 0.208. The van der Waals surface area contributed by atoms with Crippen LogP contribution in [0.15, 0.2) is 66.7 Å². The summed E-state index contributed by atoms with van der Waals surface area (Å²) < 4.78 is 12.3. The Morgan fingerprint density at radius 2 is 1.19 bits per heavy atom. The van der Waals surface area contributed by atoms with Crippen molar-refractivity contribution in [1.29, 1.82) is 0 Å². The number of fused-ring (bicyclic) bond motifs is 3. The van der Waals surface area contributed by atoms with Crippen molar-refractivity contribution in [3.05, 3.63) is 66.7 Å². The summed E-state index contributed by atoms with van der Waals surface area (Å²) >= 11 is 0. The molecule has 137 valence electrons. The molecule has 0 aliphatic rings. The van der Waals surface area contributed by atoms with Crippen LogP contribution in [-0.4, -0.2) is 22.5 Å².